The average molecular weight is 235 g/mol. The highest BCUT2D eigenvalue weighted by Gasteiger charge is 2.24. The summed E-state index contributed by atoms with van der Waals surface area (Å²) in [5.74, 6) is -0.334. The maximum Gasteiger partial charge on any atom is 0.341 e. The van der Waals surface area contributed by atoms with Gasteiger partial charge in [0.25, 0.3) is 0 Å². The molecule has 0 aliphatic carbocycles. The van der Waals surface area contributed by atoms with Crippen LogP contribution in [-0.2, 0) is 6.42 Å². The fraction of sp³-hybridized carbons (Fsp3) is 0.364. The van der Waals surface area contributed by atoms with Gasteiger partial charge in [0, 0.05) is 6.42 Å². The summed E-state index contributed by atoms with van der Waals surface area (Å²) < 4.78 is 5.11. The van der Waals surface area contributed by atoms with Crippen molar-refractivity contribution < 1.29 is 14.4 Å². The molecule has 2 rings (SSSR count). The topological polar surface area (TPSA) is 92.0 Å². The van der Waals surface area contributed by atoms with Gasteiger partial charge in [0.05, 0.1) is 18.2 Å². The molecule has 0 saturated heterocycles. The third kappa shape index (κ3) is 2.20. The highest BCUT2D eigenvalue weighted by atomic mass is 16.5. The van der Waals surface area contributed by atoms with Crippen LogP contribution in [0.3, 0.4) is 0 Å². The molecular formula is C11H13N3O3. The van der Waals surface area contributed by atoms with Gasteiger partial charge in [-0.3, -0.25) is 0 Å². The summed E-state index contributed by atoms with van der Waals surface area (Å²) in [7, 11) is 0. The molecule has 90 valence electrons. The lowest BCUT2D eigenvalue weighted by Crippen LogP contribution is -2.04. The third-order valence-corrected chi connectivity index (χ3v) is 2.32. The summed E-state index contributed by atoms with van der Waals surface area (Å²) in [5.41, 5.74) is 0.953. The summed E-state index contributed by atoms with van der Waals surface area (Å²) in [6, 6.07) is 0. The van der Waals surface area contributed by atoms with E-state index in [9.17, 15) is 9.90 Å². The minimum absolute atomic E-state index is 0.114. The number of carbonyl (C=O) groups is 1. The van der Waals surface area contributed by atoms with E-state index in [1.54, 1.807) is 0 Å². The van der Waals surface area contributed by atoms with Gasteiger partial charge in [-0.15, -0.1) is 0 Å². The van der Waals surface area contributed by atoms with Crippen molar-refractivity contribution >= 4 is 5.97 Å². The first-order valence-electron chi connectivity index (χ1n) is 5.30. The van der Waals surface area contributed by atoms with Gasteiger partial charge >= 0.3 is 5.97 Å². The normalized spacial score (nSPS) is 11.0. The van der Waals surface area contributed by atoms with Crippen LogP contribution in [-0.4, -0.2) is 26.2 Å². The average Bonchev–Trinajstić information content (AvgIpc) is 2.82. The molecule has 2 N–H and O–H groups in total. The molecule has 0 radical (unpaired) electrons. The monoisotopic (exact) mass is 235 g/mol. The molecule has 0 aliphatic heterocycles. The number of nitrogens with zero attached hydrogens (tertiary/aromatic N) is 2. The highest BCUT2D eigenvalue weighted by molar-refractivity contribution is 5.95. The number of hydrogen-bond acceptors (Lipinski definition) is 4. The maximum atomic E-state index is 11.2. The van der Waals surface area contributed by atoms with E-state index < -0.39 is 5.97 Å². The summed E-state index contributed by atoms with van der Waals surface area (Å²) in [6.45, 7) is 3.98. The van der Waals surface area contributed by atoms with Crippen molar-refractivity contribution in [1.29, 1.82) is 0 Å². The molecule has 0 unspecified atom stereocenters. The molecule has 0 atom stereocenters. The Labute approximate surface area is 97.7 Å². The minimum atomic E-state index is -1.04. The first-order chi connectivity index (χ1) is 8.09. The maximum absolute atomic E-state index is 11.2. The van der Waals surface area contributed by atoms with E-state index in [2.05, 4.69) is 15.1 Å². The number of aromatic nitrogens is 3. The molecule has 0 spiro atoms. The van der Waals surface area contributed by atoms with Crippen molar-refractivity contribution in [2.45, 2.75) is 20.3 Å². The van der Waals surface area contributed by atoms with Crippen molar-refractivity contribution in [2.75, 3.05) is 0 Å². The van der Waals surface area contributed by atoms with E-state index in [-0.39, 0.29) is 5.56 Å². The Kier molecular flexibility index (Phi) is 2.95. The molecule has 6 heteroatoms. The van der Waals surface area contributed by atoms with E-state index in [1.807, 2.05) is 13.8 Å². The molecule has 17 heavy (non-hydrogen) atoms. The zero-order valence-electron chi connectivity index (χ0n) is 9.60. The Morgan fingerprint density at radius 2 is 2.35 bits per heavy atom. The molecule has 0 aromatic carbocycles. The Morgan fingerprint density at radius 1 is 1.59 bits per heavy atom. The Morgan fingerprint density at radius 3 is 2.88 bits per heavy atom. The van der Waals surface area contributed by atoms with E-state index in [4.69, 9.17) is 4.52 Å². The van der Waals surface area contributed by atoms with Crippen LogP contribution in [0.25, 0.3) is 11.4 Å². The molecule has 2 heterocycles. The standard InChI is InChI=1S/C11H13N3O3/c1-6(2)3-8-9(11(15)16)10(14-17-8)7-4-12-5-13-7/h4-6H,3H2,1-2H3,(H,12,13)(H,15,16). The van der Waals surface area contributed by atoms with Gasteiger partial charge in [-0.2, -0.15) is 0 Å². The second-order valence-corrected chi connectivity index (χ2v) is 4.20. The van der Waals surface area contributed by atoms with Gasteiger partial charge in [0.15, 0.2) is 5.76 Å². The first-order valence-corrected chi connectivity index (χ1v) is 5.30. The summed E-state index contributed by atoms with van der Waals surface area (Å²) in [5, 5.41) is 13.0. The van der Waals surface area contributed by atoms with Crippen LogP contribution in [0.5, 0.6) is 0 Å². The number of aromatic carboxylic acids is 1. The van der Waals surface area contributed by atoms with Gasteiger partial charge in [-0.05, 0) is 5.92 Å². The van der Waals surface area contributed by atoms with Crippen molar-refractivity contribution in [1.82, 2.24) is 15.1 Å². The smallest absolute Gasteiger partial charge is 0.341 e. The summed E-state index contributed by atoms with van der Waals surface area (Å²) in [6.07, 6.45) is 3.53. The fourth-order valence-corrected chi connectivity index (χ4v) is 1.62. The first kappa shape index (κ1) is 11.4. The summed E-state index contributed by atoms with van der Waals surface area (Å²) in [4.78, 5) is 17.9. The van der Waals surface area contributed by atoms with Gasteiger partial charge in [0.2, 0.25) is 0 Å². The second kappa shape index (κ2) is 4.40. The van der Waals surface area contributed by atoms with E-state index in [1.165, 1.54) is 12.5 Å². The van der Waals surface area contributed by atoms with Gasteiger partial charge in [-0.1, -0.05) is 19.0 Å². The molecule has 2 aromatic rings. The Hall–Kier alpha value is -2.11. The summed E-state index contributed by atoms with van der Waals surface area (Å²) >= 11 is 0. The van der Waals surface area contributed by atoms with Gasteiger partial charge in [-0.25, -0.2) is 9.78 Å². The molecule has 0 bridgehead atoms. The number of aromatic amines is 1. The van der Waals surface area contributed by atoms with Crippen LogP contribution in [0.1, 0.15) is 30.0 Å². The van der Waals surface area contributed by atoms with E-state index in [0.717, 1.165) is 0 Å². The zero-order valence-corrected chi connectivity index (χ0v) is 9.60. The molecule has 0 fully saturated rings. The highest BCUT2D eigenvalue weighted by Crippen LogP contribution is 2.25. The van der Waals surface area contributed by atoms with Crippen molar-refractivity contribution in [3.8, 4) is 11.4 Å². The van der Waals surface area contributed by atoms with Crippen LogP contribution in [0.2, 0.25) is 0 Å². The molecule has 0 aliphatic rings. The minimum Gasteiger partial charge on any atom is -0.477 e. The van der Waals surface area contributed by atoms with Crippen molar-refractivity contribution in [3.05, 3.63) is 23.8 Å². The fourth-order valence-electron chi connectivity index (χ4n) is 1.62. The number of carboxylic acid groups (broad SMARTS) is 1. The van der Waals surface area contributed by atoms with Crippen LogP contribution in [0.15, 0.2) is 17.0 Å². The quantitative estimate of drug-likeness (QED) is 0.845. The SMILES string of the molecule is CC(C)Cc1onc(-c2cnc[nH]2)c1C(=O)O. The molecular weight excluding hydrogens is 222 g/mol. The predicted octanol–water partition coefficient (Wildman–Crippen LogP) is 1.96. The molecule has 0 amide bonds. The van der Waals surface area contributed by atoms with Gasteiger partial charge < -0.3 is 14.6 Å². The Balaban J connectivity index is 2.47. The van der Waals surface area contributed by atoms with E-state index >= 15 is 0 Å². The molecule has 6 nitrogen and oxygen atoms in total. The van der Waals surface area contributed by atoms with Crippen LogP contribution >= 0.6 is 0 Å². The van der Waals surface area contributed by atoms with E-state index in [0.29, 0.717) is 29.5 Å². The zero-order chi connectivity index (χ0) is 12.4. The molecule has 2 aromatic heterocycles. The van der Waals surface area contributed by atoms with Crippen molar-refractivity contribution in [2.24, 2.45) is 5.92 Å². The number of H-pyrrole nitrogens is 1. The second-order valence-electron chi connectivity index (χ2n) is 4.20. The number of imidazole rings is 1. The van der Waals surface area contributed by atoms with Crippen LogP contribution in [0.4, 0.5) is 0 Å². The Bertz CT molecular complexity index is 514. The predicted molar refractivity (Wildman–Crippen MR) is 59.6 cm³/mol. The number of hydrogen-bond donors (Lipinski definition) is 2. The molecule has 0 saturated carbocycles. The number of rotatable bonds is 4. The largest absolute Gasteiger partial charge is 0.477 e. The third-order valence-electron chi connectivity index (χ3n) is 2.32. The number of carboxylic acids is 1. The van der Waals surface area contributed by atoms with Crippen LogP contribution in [0, 0.1) is 5.92 Å². The number of nitrogens with one attached hydrogen (secondary N) is 1. The van der Waals surface area contributed by atoms with Crippen LogP contribution < -0.4 is 0 Å². The lowest BCUT2D eigenvalue weighted by Gasteiger charge is -2.01. The van der Waals surface area contributed by atoms with Crippen molar-refractivity contribution in [3.63, 3.8) is 0 Å². The van der Waals surface area contributed by atoms with Gasteiger partial charge in [0.1, 0.15) is 11.3 Å². The lowest BCUT2D eigenvalue weighted by molar-refractivity contribution is 0.0695. The lowest BCUT2D eigenvalue weighted by atomic mass is 10.0.